The van der Waals surface area contributed by atoms with E-state index in [9.17, 15) is 14.7 Å². The molecule has 3 rings (SSSR count). The van der Waals surface area contributed by atoms with E-state index >= 15 is 0 Å². The summed E-state index contributed by atoms with van der Waals surface area (Å²) < 4.78 is 5.34. The van der Waals surface area contributed by atoms with Crippen LogP contribution in [0.1, 0.15) is 46.0 Å². The lowest BCUT2D eigenvalue weighted by molar-refractivity contribution is -0.157. The molecule has 4 nitrogen and oxygen atoms in total. The zero-order chi connectivity index (χ0) is 13.8. The number of esters is 1. The van der Waals surface area contributed by atoms with Crippen molar-refractivity contribution in [3.63, 3.8) is 0 Å². The maximum atomic E-state index is 12.0. The fraction of sp³-hybridized carbons (Fsp3) is 0.867. The van der Waals surface area contributed by atoms with Gasteiger partial charge < -0.3 is 9.84 Å². The normalized spacial score (nSPS) is 49.2. The van der Waals surface area contributed by atoms with Crippen molar-refractivity contribution in [3.8, 4) is 0 Å². The van der Waals surface area contributed by atoms with Crippen molar-refractivity contribution in [2.75, 3.05) is 0 Å². The molecule has 0 aromatic heterocycles. The summed E-state index contributed by atoms with van der Waals surface area (Å²) in [4.78, 5) is 23.8. The molecule has 1 aliphatic heterocycles. The summed E-state index contributed by atoms with van der Waals surface area (Å²) in [5, 5.41) is 9.68. The Hall–Kier alpha value is -1.06. The van der Waals surface area contributed by atoms with Crippen LogP contribution in [0.2, 0.25) is 0 Å². The van der Waals surface area contributed by atoms with Crippen molar-refractivity contribution in [1.82, 2.24) is 0 Å². The summed E-state index contributed by atoms with van der Waals surface area (Å²) in [5.74, 6) is -1.44. The van der Waals surface area contributed by atoms with Crippen molar-refractivity contribution in [2.45, 2.75) is 52.1 Å². The Bertz CT molecular complexity index is 418. The van der Waals surface area contributed by atoms with Crippen LogP contribution in [-0.2, 0) is 14.3 Å². The van der Waals surface area contributed by atoms with Crippen LogP contribution >= 0.6 is 0 Å². The molecule has 1 heterocycles. The highest BCUT2D eigenvalue weighted by molar-refractivity contribution is 5.79. The predicted octanol–water partition coefficient (Wildman–Crippen LogP) is 2.47. The summed E-state index contributed by atoms with van der Waals surface area (Å²) in [6.45, 7) is 4.03. The molecule has 106 valence electrons. The van der Waals surface area contributed by atoms with Crippen molar-refractivity contribution in [3.05, 3.63) is 0 Å². The molecule has 1 N–H and O–H groups in total. The third-order valence-electron chi connectivity index (χ3n) is 5.84. The topological polar surface area (TPSA) is 63.6 Å². The minimum atomic E-state index is -0.738. The van der Waals surface area contributed by atoms with Gasteiger partial charge in [0.25, 0.3) is 0 Å². The highest BCUT2D eigenvalue weighted by Crippen LogP contribution is 2.59. The van der Waals surface area contributed by atoms with Gasteiger partial charge in [-0.1, -0.05) is 19.8 Å². The van der Waals surface area contributed by atoms with E-state index in [-0.39, 0.29) is 35.2 Å². The number of hydrogen-bond donors (Lipinski definition) is 1. The molecule has 0 bridgehead atoms. The van der Waals surface area contributed by atoms with E-state index in [4.69, 9.17) is 4.74 Å². The van der Waals surface area contributed by atoms with Gasteiger partial charge in [0, 0.05) is 5.92 Å². The van der Waals surface area contributed by atoms with Gasteiger partial charge in [-0.3, -0.25) is 9.59 Å². The average molecular weight is 266 g/mol. The molecule has 0 aromatic carbocycles. The third-order valence-corrected chi connectivity index (χ3v) is 5.84. The molecule has 19 heavy (non-hydrogen) atoms. The van der Waals surface area contributed by atoms with Crippen LogP contribution in [0.5, 0.6) is 0 Å². The number of carbonyl (C=O) groups is 2. The van der Waals surface area contributed by atoms with Crippen LogP contribution in [0.15, 0.2) is 0 Å². The Kier molecular flexibility index (Phi) is 2.88. The Morgan fingerprint density at radius 1 is 1.42 bits per heavy atom. The molecule has 3 aliphatic rings. The minimum absolute atomic E-state index is 0.00551. The van der Waals surface area contributed by atoms with Gasteiger partial charge in [0.05, 0.1) is 11.8 Å². The lowest BCUT2D eigenvalue weighted by atomic mass is 9.51. The predicted molar refractivity (Wildman–Crippen MR) is 68.3 cm³/mol. The molecular weight excluding hydrogens is 244 g/mol. The van der Waals surface area contributed by atoms with E-state index in [0.29, 0.717) is 0 Å². The van der Waals surface area contributed by atoms with E-state index in [1.807, 2.05) is 6.92 Å². The summed E-state index contributed by atoms with van der Waals surface area (Å²) >= 11 is 0. The smallest absolute Gasteiger partial charge is 0.309 e. The Morgan fingerprint density at radius 2 is 2.16 bits per heavy atom. The molecule has 3 fully saturated rings. The van der Waals surface area contributed by atoms with Gasteiger partial charge in [-0.15, -0.1) is 0 Å². The van der Waals surface area contributed by atoms with Gasteiger partial charge in [0.15, 0.2) is 0 Å². The molecule has 1 saturated heterocycles. The highest BCUT2D eigenvalue weighted by Gasteiger charge is 2.60. The first-order valence-corrected chi connectivity index (χ1v) is 7.37. The second kappa shape index (κ2) is 4.22. The second-order valence-electron chi connectivity index (χ2n) is 6.90. The number of ether oxygens (including phenoxy) is 1. The van der Waals surface area contributed by atoms with Gasteiger partial charge in [-0.05, 0) is 37.5 Å². The van der Waals surface area contributed by atoms with E-state index in [1.165, 1.54) is 0 Å². The van der Waals surface area contributed by atoms with Gasteiger partial charge in [0.1, 0.15) is 6.10 Å². The van der Waals surface area contributed by atoms with Crippen LogP contribution in [0.4, 0.5) is 0 Å². The van der Waals surface area contributed by atoms with Gasteiger partial charge in [-0.2, -0.15) is 0 Å². The maximum Gasteiger partial charge on any atom is 0.309 e. The van der Waals surface area contributed by atoms with E-state index < -0.39 is 11.9 Å². The maximum absolute atomic E-state index is 12.0. The van der Waals surface area contributed by atoms with Gasteiger partial charge >= 0.3 is 11.9 Å². The van der Waals surface area contributed by atoms with Crippen LogP contribution in [0, 0.1) is 29.1 Å². The molecule has 0 unspecified atom stereocenters. The number of aliphatic carboxylic acids is 1. The monoisotopic (exact) mass is 266 g/mol. The Morgan fingerprint density at radius 3 is 2.84 bits per heavy atom. The Balaban J connectivity index is 2.01. The summed E-state index contributed by atoms with van der Waals surface area (Å²) in [5.41, 5.74) is 0.00551. The first-order valence-electron chi connectivity index (χ1n) is 7.37. The van der Waals surface area contributed by atoms with Crippen LogP contribution < -0.4 is 0 Å². The Labute approximate surface area is 113 Å². The SMILES string of the molecule is C[C@H]1OC(=O)[C@@H]2C[C@]3(C)CCCC[C@H]3[C@H](C(=O)O)[C@H]12. The van der Waals surface area contributed by atoms with Crippen molar-refractivity contribution in [1.29, 1.82) is 0 Å². The second-order valence-corrected chi connectivity index (χ2v) is 6.90. The van der Waals surface area contributed by atoms with E-state index in [1.54, 1.807) is 0 Å². The van der Waals surface area contributed by atoms with Gasteiger partial charge in [-0.25, -0.2) is 0 Å². The molecule has 2 saturated carbocycles. The fourth-order valence-electron chi connectivity index (χ4n) is 5.00. The highest BCUT2D eigenvalue weighted by atomic mass is 16.6. The fourth-order valence-corrected chi connectivity index (χ4v) is 5.00. The zero-order valence-electron chi connectivity index (χ0n) is 11.6. The first-order chi connectivity index (χ1) is 8.94. The zero-order valence-corrected chi connectivity index (χ0v) is 11.6. The lowest BCUT2D eigenvalue weighted by Gasteiger charge is -2.51. The average Bonchev–Trinajstić information content (AvgIpc) is 2.60. The standard InChI is InChI=1S/C15H22O4/c1-8-11-9(14(18)19-8)7-15(2)6-4-3-5-10(15)12(11)13(16)17/h8-12H,3-7H2,1-2H3,(H,16,17)/t8-,9-,10+,11-,12+,15+/m1/s1. The summed E-state index contributed by atoms with van der Waals surface area (Å²) in [6, 6.07) is 0. The minimum Gasteiger partial charge on any atom is -0.481 e. The molecule has 0 aromatic rings. The largest absolute Gasteiger partial charge is 0.481 e. The van der Waals surface area contributed by atoms with Crippen molar-refractivity contribution >= 4 is 11.9 Å². The van der Waals surface area contributed by atoms with Crippen LogP contribution in [0.25, 0.3) is 0 Å². The third kappa shape index (κ3) is 1.79. The van der Waals surface area contributed by atoms with Crippen molar-refractivity contribution < 1.29 is 19.4 Å². The summed E-state index contributed by atoms with van der Waals surface area (Å²) in [7, 11) is 0. The number of cyclic esters (lactones) is 1. The molecule has 4 heteroatoms. The number of carboxylic acids is 1. The quantitative estimate of drug-likeness (QED) is 0.740. The molecule has 6 atom stereocenters. The molecule has 2 aliphatic carbocycles. The lowest BCUT2D eigenvalue weighted by Crippen LogP contribution is -2.51. The van der Waals surface area contributed by atoms with Crippen molar-refractivity contribution in [2.24, 2.45) is 29.1 Å². The van der Waals surface area contributed by atoms with Crippen LogP contribution in [-0.4, -0.2) is 23.1 Å². The number of carboxylic acid groups (broad SMARTS) is 1. The summed E-state index contributed by atoms with van der Waals surface area (Å²) in [6.07, 6.45) is 4.87. The van der Waals surface area contributed by atoms with E-state index in [0.717, 1.165) is 32.1 Å². The van der Waals surface area contributed by atoms with Gasteiger partial charge in [0.2, 0.25) is 0 Å². The number of hydrogen-bond acceptors (Lipinski definition) is 3. The van der Waals surface area contributed by atoms with Crippen LogP contribution in [0.3, 0.4) is 0 Å². The number of carbonyl (C=O) groups excluding carboxylic acids is 1. The molecule has 0 spiro atoms. The first kappa shape index (κ1) is 12.9. The molecular formula is C15H22O4. The van der Waals surface area contributed by atoms with E-state index in [2.05, 4.69) is 6.92 Å². The molecule has 0 radical (unpaired) electrons. The number of fused-ring (bicyclic) bond motifs is 2. The number of rotatable bonds is 1. The molecule has 0 amide bonds.